The van der Waals surface area contributed by atoms with Gasteiger partial charge in [-0.3, -0.25) is 9.69 Å². The SMILES string of the molecule is CC1(c2ccc3c(c2)OCO3)NC(=O)N(CCCCOc2ccc(C(O)(C(F)(F)F)C(F)(F)F)cc2Cc2ccccc2)C1=O. The minimum Gasteiger partial charge on any atom is -0.493 e. The number of aliphatic hydroxyl groups is 1. The molecule has 0 aliphatic carbocycles. The zero-order chi connectivity index (χ0) is 32.6. The first kappa shape index (κ1) is 31.9. The number of fused-ring (bicyclic) bond motifs is 1. The van der Waals surface area contributed by atoms with Gasteiger partial charge in [0, 0.05) is 18.5 Å². The number of halogens is 6. The highest BCUT2D eigenvalue weighted by molar-refractivity contribution is 6.07. The highest BCUT2D eigenvalue weighted by Gasteiger charge is 2.71. The predicted octanol–water partition coefficient (Wildman–Crippen LogP) is 5.94. The lowest BCUT2D eigenvalue weighted by Crippen LogP contribution is -2.53. The summed E-state index contributed by atoms with van der Waals surface area (Å²) in [6.45, 7) is 1.64. The molecule has 0 aromatic heterocycles. The molecule has 1 unspecified atom stereocenters. The molecule has 1 fully saturated rings. The van der Waals surface area contributed by atoms with Crippen LogP contribution in [0.5, 0.6) is 17.2 Å². The Morgan fingerprint density at radius 2 is 1.60 bits per heavy atom. The molecular weight excluding hydrogens is 610 g/mol. The number of nitrogens with zero attached hydrogens (tertiary/aromatic N) is 1. The number of unbranched alkanes of at least 4 members (excludes halogenated alkanes) is 1. The number of urea groups is 1. The summed E-state index contributed by atoms with van der Waals surface area (Å²) in [6, 6.07) is 14.8. The summed E-state index contributed by atoms with van der Waals surface area (Å²) >= 11 is 0. The first-order valence-electron chi connectivity index (χ1n) is 13.9. The maximum absolute atomic E-state index is 13.5. The van der Waals surface area contributed by atoms with Gasteiger partial charge in [-0.25, -0.2) is 4.79 Å². The summed E-state index contributed by atoms with van der Waals surface area (Å²) in [4.78, 5) is 27.0. The van der Waals surface area contributed by atoms with Gasteiger partial charge in [-0.2, -0.15) is 26.3 Å². The Labute approximate surface area is 253 Å². The van der Waals surface area contributed by atoms with E-state index in [4.69, 9.17) is 14.2 Å². The molecule has 3 aromatic rings. The van der Waals surface area contributed by atoms with E-state index in [9.17, 15) is 41.0 Å². The Morgan fingerprint density at radius 3 is 2.29 bits per heavy atom. The van der Waals surface area contributed by atoms with Gasteiger partial charge in [0.25, 0.3) is 11.5 Å². The minimum atomic E-state index is -6.03. The molecule has 2 aliphatic heterocycles. The quantitative estimate of drug-likeness (QED) is 0.162. The topological polar surface area (TPSA) is 97.3 Å². The van der Waals surface area contributed by atoms with E-state index < -0.39 is 41.0 Å². The van der Waals surface area contributed by atoms with E-state index in [-0.39, 0.29) is 37.7 Å². The molecular formula is C31H28F6N2O6. The number of amides is 3. The number of alkyl halides is 6. The smallest absolute Gasteiger partial charge is 0.430 e. The minimum absolute atomic E-state index is 0.000726. The maximum Gasteiger partial charge on any atom is 0.430 e. The average molecular weight is 639 g/mol. The molecule has 0 radical (unpaired) electrons. The van der Waals surface area contributed by atoms with E-state index in [0.717, 1.165) is 11.0 Å². The number of carbonyl (C=O) groups excluding carboxylic acids is 2. The summed E-state index contributed by atoms with van der Waals surface area (Å²) in [7, 11) is 0. The van der Waals surface area contributed by atoms with Crippen LogP contribution in [0.25, 0.3) is 0 Å². The molecule has 8 nitrogen and oxygen atoms in total. The first-order valence-corrected chi connectivity index (χ1v) is 13.9. The van der Waals surface area contributed by atoms with Crippen molar-refractivity contribution in [3.63, 3.8) is 0 Å². The van der Waals surface area contributed by atoms with E-state index in [1.54, 1.807) is 55.5 Å². The first-order chi connectivity index (χ1) is 21.1. The van der Waals surface area contributed by atoms with Gasteiger partial charge in [-0.15, -0.1) is 0 Å². The van der Waals surface area contributed by atoms with E-state index in [1.165, 1.54) is 0 Å². The van der Waals surface area contributed by atoms with E-state index in [1.807, 2.05) is 0 Å². The predicted molar refractivity (Wildman–Crippen MR) is 147 cm³/mol. The van der Waals surface area contributed by atoms with Crippen molar-refractivity contribution in [3.05, 3.63) is 89.0 Å². The third-order valence-corrected chi connectivity index (χ3v) is 7.79. The van der Waals surface area contributed by atoms with E-state index in [0.29, 0.717) is 47.6 Å². The van der Waals surface area contributed by atoms with Crippen molar-refractivity contribution in [1.29, 1.82) is 0 Å². The number of benzene rings is 3. The molecule has 0 bridgehead atoms. The molecule has 2 aliphatic rings. The molecule has 3 amide bonds. The lowest BCUT2D eigenvalue weighted by atomic mass is 9.89. The van der Waals surface area contributed by atoms with Crippen molar-refractivity contribution < 1.29 is 55.2 Å². The zero-order valence-corrected chi connectivity index (χ0v) is 23.8. The molecule has 45 heavy (non-hydrogen) atoms. The molecule has 2 heterocycles. The van der Waals surface area contributed by atoms with Crippen LogP contribution >= 0.6 is 0 Å². The van der Waals surface area contributed by atoms with Crippen molar-refractivity contribution in [2.45, 2.75) is 49.7 Å². The molecule has 0 spiro atoms. The normalized spacial score (nSPS) is 18.4. The number of nitrogens with one attached hydrogen (secondary N) is 1. The van der Waals surface area contributed by atoms with Gasteiger partial charge < -0.3 is 24.6 Å². The highest BCUT2D eigenvalue weighted by Crippen LogP contribution is 2.50. The Morgan fingerprint density at radius 1 is 0.911 bits per heavy atom. The number of carbonyl (C=O) groups is 2. The standard InChI is InChI=1S/C31H28F6N2O6/c1-28(21-9-12-24-25(17-21)45-18-44-24)26(40)39(27(41)38-28)13-5-6-14-43-23-11-10-22(29(42,30(32,33)34)31(35,36)37)16-20(23)15-19-7-3-2-4-8-19/h2-4,7-12,16-17,42H,5-6,13-15,18H2,1H3,(H,38,41). The molecule has 3 aromatic carbocycles. The van der Waals surface area contributed by atoms with E-state index in [2.05, 4.69) is 5.32 Å². The fourth-order valence-corrected chi connectivity index (χ4v) is 5.24. The lowest BCUT2D eigenvalue weighted by molar-refractivity contribution is -0.376. The van der Waals surface area contributed by atoms with Gasteiger partial charge in [0.1, 0.15) is 11.3 Å². The monoisotopic (exact) mass is 638 g/mol. The van der Waals surface area contributed by atoms with Gasteiger partial charge in [0.2, 0.25) is 6.79 Å². The van der Waals surface area contributed by atoms with Crippen molar-refractivity contribution in [2.75, 3.05) is 19.9 Å². The van der Waals surface area contributed by atoms with Crippen LogP contribution in [0, 0.1) is 0 Å². The third kappa shape index (κ3) is 5.98. The summed E-state index contributed by atoms with van der Waals surface area (Å²) in [5.41, 5.74) is -6.71. The van der Waals surface area contributed by atoms with Crippen LogP contribution in [0.15, 0.2) is 66.7 Å². The van der Waals surface area contributed by atoms with Gasteiger partial charge >= 0.3 is 18.4 Å². The molecule has 14 heteroatoms. The summed E-state index contributed by atoms with van der Waals surface area (Å²) < 4.78 is 97.7. The van der Waals surface area contributed by atoms with Crippen LogP contribution < -0.4 is 19.5 Å². The zero-order valence-electron chi connectivity index (χ0n) is 23.8. The van der Waals surface area contributed by atoms with Crippen molar-refractivity contribution >= 4 is 11.9 Å². The van der Waals surface area contributed by atoms with Crippen molar-refractivity contribution in [2.24, 2.45) is 0 Å². The maximum atomic E-state index is 13.5. The lowest BCUT2D eigenvalue weighted by Gasteiger charge is -2.33. The van der Waals surface area contributed by atoms with E-state index >= 15 is 0 Å². The second kappa shape index (κ2) is 11.8. The Kier molecular flexibility index (Phi) is 8.38. The average Bonchev–Trinajstić information content (AvgIpc) is 3.54. The molecule has 1 saturated heterocycles. The fraction of sp³-hybridized carbons (Fsp3) is 0.355. The number of hydrogen-bond donors (Lipinski definition) is 2. The molecule has 1 atom stereocenters. The highest BCUT2D eigenvalue weighted by atomic mass is 19.4. The van der Waals surface area contributed by atoms with Crippen molar-refractivity contribution in [3.8, 4) is 17.2 Å². The van der Waals surface area contributed by atoms with Crippen LogP contribution in [0.1, 0.15) is 42.0 Å². The molecule has 240 valence electrons. The third-order valence-electron chi connectivity index (χ3n) is 7.79. The molecule has 5 rings (SSSR count). The van der Waals surface area contributed by atoms with Gasteiger partial charge in [-0.1, -0.05) is 42.5 Å². The summed E-state index contributed by atoms with van der Waals surface area (Å²) in [5, 5.41) is 12.6. The van der Waals surface area contributed by atoms with Gasteiger partial charge in [-0.05, 0) is 60.7 Å². The summed E-state index contributed by atoms with van der Waals surface area (Å²) in [5.74, 6) is 0.524. The summed E-state index contributed by atoms with van der Waals surface area (Å²) in [6.07, 6.45) is -11.5. The fourth-order valence-electron chi connectivity index (χ4n) is 5.24. The van der Waals surface area contributed by atoms with Crippen molar-refractivity contribution in [1.82, 2.24) is 10.2 Å². The van der Waals surface area contributed by atoms with Crippen LogP contribution in [-0.2, 0) is 22.4 Å². The largest absolute Gasteiger partial charge is 0.493 e. The number of rotatable bonds is 10. The second-order valence-corrected chi connectivity index (χ2v) is 10.8. The van der Waals surface area contributed by atoms with Gasteiger partial charge in [0.05, 0.1) is 6.61 Å². The Bertz CT molecular complexity index is 1560. The van der Waals surface area contributed by atoms with Crippen LogP contribution in [-0.4, -0.2) is 54.2 Å². The van der Waals surface area contributed by atoms with Crippen LogP contribution in [0.2, 0.25) is 0 Å². The number of imide groups is 1. The second-order valence-electron chi connectivity index (χ2n) is 10.8. The number of hydrogen-bond acceptors (Lipinski definition) is 6. The molecule has 0 saturated carbocycles. The number of ether oxygens (including phenoxy) is 3. The van der Waals surface area contributed by atoms with Crippen LogP contribution in [0.4, 0.5) is 31.1 Å². The Balaban J connectivity index is 1.26. The van der Waals surface area contributed by atoms with Gasteiger partial charge in [0.15, 0.2) is 11.5 Å². The molecule has 2 N–H and O–H groups in total. The van der Waals surface area contributed by atoms with Crippen LogP contribution in [0.3, 0.4) is 0 Å². The Hall–Kier alpha value is -4.46.